The summed E-state index contributed by atoms with van der Waals surface area (Å²) >= 11 is 6.50. The minimum absolute atomic E-state index is 0.0424. The van der Waals surface area contributed by atoms with Gasteiger partial charge in [0.05, 0.1) is 17.3 Å². The van der Waals surface area contributed by atoms with Crippen molar-refractivity contribution in [3.63, 3.8) is 0 Å². The highest BCUT2D eigenvalue weighted by Gasteiger charge is 2.32. The second kappa shape index (κ2) is 9.49. The van der Waals surface area contributed by atoms with Gasteiger partial charge < -0.3 is 5.11 Å². The van der Waals surface area contributed by atoms with Crippen molar-refractivity contribution in [1.82, 2.24) is 9.99 Å². The average Bonchev–Trinajstić information content (AvgIpc) is 3.19. The summed E-state index contributed by atoms with van der Waals surface area (Å²) in [5.41, 5.74) is 4.64. The van der Waals surface area contributed by atoms with Gasteiger partial charge >= 0.3 is 5.97 Å². The Labute approximate surface area is 191 Å². The molecule has 2 aromatic carbocycles. The molecule has 1 aliphatic heterocycles. The van der Waals surface area contributed by atoms with Gasteiger partial charge in [-0.25, -0.2) is 9.99 Å². The Bertz CT molecular complexity index is 1190. The maximum Gasteiger partial charge on any atom is 0.303 e. The van der Waals surface area contributed by atoms with Crippen LogP contribution in [0.15, 0.2) is 59.7 Å². The third-order valence-corrected chi connectivity index (χ3v) is 5.93. The lowest BCUT2D eigenvalue weighted by molar-refractivity contribution is -0.137. The Morgan fingerprint density at radius 1 is 1.12 bits per heavy atom. The zero-order chi connectivity index (χ0) is 22.7. The van der Waals surface area contributed by atoms with Crippen molar-refractivity contribution >= 4 is 40.1 Å². The number of pyridine rings is 1. The molecular weight excluding hydrogens is 426 g/mol. The van der Waals surface area contributed by atoms with Crippen molar-refractivity contribution in [2.24, 2.45) is 5.10 Å². The summed E-state index contributed by atoms with van der Waals surface area (Å²) in [6.45, 7) is 2.03. The second-order valence-electron chi connectivity index (χ2n) is 8.09. The molecule has 0 aliphatic carbocycles. The normalized spacial score (nSPS) is 15.8. The van der Waals surface area contributed by atoms with E-state index in [-0.39, 0.29) is 31.2 Å². The molecule has 0 radical (unpaired) electrons. The molecule has 0 saturated carbocycles. The van der Waals surface area contributed by atoms with Crippen LogP contribution in [0.2, 0.25) is 5.15 Å². The summed E-state index contributed by atoms with van der Waals surface area (Å²) < 4.78 is 0. The van der Waals surface area contributed by atoms with E-state index in [9.17, 15) is 9.59 Å². The van der Waals surface area contributed by atoms with Gasteiger partial charge in [-0.1, -0.05) is 53.6 Å². The van der Waals surface area contributed by atoms with E-state index in [0.29, 0.717) is 18.0 Å². The number of amides is 1. The number of carbonyl (C=O) groups is 2. The first-order chi connectivity index (χ1) is 15.4. The van der Waals surface area contributed by atoms with Crippen molar-refractivity contribution in [3.05, 3.63) is 76.4 Å². The first kappa shape index (κ1) is 22.0. The zero-order valence-corrected chi connectivity index (χ0v) is 18.5. The number of aliphatic carboxylic acids is 1. The smallest absolute Gasteiger partial charge is 0.303 e. The second-order valence-corrected chi connectivity index (χ2v) is 8.45. The lowest BCUT2D eigenvalue weighted by Crippen LogP contribution is -2.34. The summed E-state index contributed by atoms with van der Waals surface area (Å²) in [6, 6.07) is 17.6. The molecule has 0 spiro atoms. The number of benzene rings is 2. The van der Waals surface area contributed by atoms with Gasteiger partial charge in [0.2, 0.25) is 5.91 Å². The van der Waals surface area contributed by atoms with Crippen LogP contribution in [0.4, 0.5) is 0 Å². The molecule has 4 rings (SSSR count). The molecule has 7 heteroatoms. The van der Waals surface area contributed by atoms with Crippen molar-refractivity contribution in [3.8, 4) is 0 Å². The third kappa shape index (κ3) is 4.97. The quantitative estimate of drug-likeness (QED) is 0.514. The van der Waals surface area contributed by atoms with Gasteiger partial charge in [-0.2, -0.15) is 5.10 Å². The van der Waals surface area contributed by atoms with E-state index in [0.717, 1.165) is 33.3 Å². The maximum atomic E-state index is 12.9. The molecule has 1 aromatic heterocycles. The first-order valence-corrected chi connectivity index (χ1v) is 11.0. The fraction of sp³-hybridized carbons (Fsp3) is 0.280. The van der Waals surface area contributed by atoms with Crippen LogP contribution in [-0.4, -0.2) is 38.7 Å². The van der Waals surface area contributed by atoms with Crippen molar-refractivity contribution in [2.45, 2.75) is 45.1 Å². The number of fused-ring (bicyclic) bond motifs is 1. The molecule has 3 aromatic rings. The minimum atomic E-state index is -0.909. The number of hydrazone groups is 1. The first-order valence-electron chi connectivity index (χ1n) is 10.6. The third-order valence-electron chi connectivity index (χ3n) is 5.60. The number of aryl methyl sites for hydroxylation is 1. The van der Waals surface area contributed by atoms with E-state index in [4.69, 9.17) is 16.7 Å². The molecule has 164 valence electrons. The molecule has 32 heavy (non-hydrogen) atoms. The highest BCUT2D eigenvalue weighted by molar-refractivity contribution is 6.30. The summed E-state index contributed by atoms with van der Waals surface area (Å²) in [5.74, 6) is -1.09. The predicted molar refractivity (Wildman–Crippen MR) is 125 cm³/mol. The van der Waals surface area contributed by atoms with Gasteiger partial charge in [-0.3, -0.25) is 9.59 Å². The van der Waals surface area contributed by atoms with Crippen LogP contribution in [0.25, 0.3) is 10.9 Å². The molecule has 0 bridgehead atoms. The Morgan fingerprint density at radius 3 is 2.66 bits per heavy atom. The number of hydrogen-bond donors (Lipinski definition) is 1. The number of carboxylic acids is 1. The van der Waals surface area contributed by atoms with Crippen LogP contribution in [0, 0.1) is 6.92 Å². The number of rotatable bonds is 7. The van der Waals surface area contributed by atoms with Crippen LogP contribution in [0.1, 0.15) is 42.4 Å². The van der Waals surface area contributed by atoms with Gasteiger partial charge in [0, 0.05) is 24.6 Å². The Morgan fingerprint density at radius 2 is 1.91 bits per heavy atom. The van der Waals surface area contributed by atoms with E-state index >= 15 is 0 Å². The van der Waals surface area contributed by atoms with Crippen LogP contribution in [0.3, 0.4) is 0 Å². The zero-order valence-electron chi connectivity index (χ0n) is 17.8. The van der Waals surface area contributed by atoms with E-state index in [2.05, 4.69) is 16.2 Å². The molecule has 1 amide bonds. The van der Waals surface area contributed by atoms with Gasteiger partial charge in [0.25, 0.3) is 0 Å². The van der Waals surface area contributed by atoms with Crippen LogP contribution in [-0.2, 0) is 16.0 Å². The Balaban J connectivity index is 1.60. The minimum Gasteiger partial charge on any atom is -0.481 e. The highest BCUT2D eigenvalue weighted by Crippen LogP contribution is 2.28. The van der Waals surface area contributed by atoms with Crippen LogP contribution >= 0.6 is 11.6 Å². The van der Waals surface area contributed by atoms with E-state index in [1.807, 2.05) is 55.5 Å². The monoisotopic (exact) mass is 449 g/mol. The Kier molecular flexibility index (Phi) is 6.51. The summed E-state index contributed by atoms with van der Waals surface area (Å²) in [6.07, 6.45) is 1.48. The SMILES string of the molecule is Cc1ccc2nc(Cl)c(C[C@H]3CC(c4ccccc4)=NN3C(=O)CCCC(=O)O)cc2c1. The number of halogens is 1. The molecule has 2 heterocycles. The molecule has 1 aliphatic rings. The summed E-state index contributed by atoms with van der Waals surface area (Å²) in [4.78, 5) is 28.3. The molecule has 0 unspecified atom stereocenters. The molecular formula is C25H24ClN3O3. The largest absolute Gasteiger partial charge is 0.481 e. The number of carbonyl (C=O) groups excluding carboxylic acids is 1. The highest BCUT2D eigenvalue weighted by atomic mass is 35.5. The Hall–Kier alpha value is -3.25. The summed E-state index contributed by atoms with van der Waals surface area (Å²) in [7, 11) is 0. The van der Waals surface area contributed by atoms with Gasteiger partial charge in [-0.15, -0.1) is 0 Å². The lowest BCUT2D eigenvalue weighted by Gasteiger charge is -2.22. The van der Waals surface area contributed by atoms with Gasteiger partial charge in [0.15, 0.2) is 0 Å². The number of aromatic nitrogens is 1. The molecule has 0 fully saturated rings. The van der Waals surface area contributed by atoms with Gasteiger partial charge in [0.1, 0.15) is 5.15 Å². The topological polar surface area (TPSA) is 82.9 Å². The number of carboxylic acid groups (broad SMARTS) is 1. The van der Waals surface area contributed by atoms with Crippen LogP contribution in [0.5, 0.6) is 0 Å². The average molecular weight is 450 g/mol. The van der Waals surface area contributed by atoms with Crippen molar-refractivity contribution in [2.75, 3.05) is 0 Å². The fourth-order valence-electron chi connectivity index (χ4n) is 4.00. The van der Waals surface area contributed by atoms with E-state index < -0.39 is 5.97 Å². The van der Waals surface area contributed by atoms with E-state index in [1.54, 1.807) is 0 Å². The van der Waals surface area contributed by atoms with E-state index in [1.165, 1.54) is 5.01 Å². The summed E-state index contributed by atoms with van der Waals surface area (Å²) in [5, 5.41) is 16.5. The van der Waals surface area contributed by atoms with Crippen molar-refractivity contribution in [1.29, 1.82) is 0 Å². The van der Waals surface area contributed by atoms with Gasteiger partial charge in [-0.05, 0) is 49.1 Å². The molecule has 0 saturated heterocycles. The predicted octanol–water partition coefficient (Wildman–Crippen LogP) is 5.00. The molecule has 6 nitrogen and oxygen atoms in total. The molecule has 1 atom stereocenters. The molecule has 1 N–H and O–H groups in total. The fourth-order valence-corrected chi connectivity index (χ4v) is 4.23. The number of hydrogen-bond acceptors (Lipinski definition) is 4. The maximum absolute atomic E-state index is 12.9. The lowest BCUT2D eigenvalue weighted by atomic mass is 9.98. The standard InChI is InChI=1S/C25H24ClN3O3/c1-16-10-11-21-18(12-16)13-19(25(26)27-21)14-20-15-22(17-6-3-2-4-7-17)28-29(20)23(30)8-5-9-24(31)32/h2-4,6-7,10-13,20H,5,8-9,14-15H2,1H3,(H,31,32)/t20-/m0/s1. The van der Waals surface area contributed by atoms with Crippen molar-refractivity contribution < 1.29 is 14.7 Å². The van der Waals surface area contributed by atoms with Crippen LogP contribution < -0.4 is 0 Å². The number of nitrogens with zero attached hydrogens (tertiary/aromatic N) is 3.